The molecule has 2 rings (SSSR count). The van der Waals surface area contributed by atoms with E-state index in [1.54, 1.807) is 16.8 Å². The number of carbonyl (C=O) groups excluding carboxylic acids is 1. The lowest BCUT2D eigenvalue weighted by Gasteiger charge is -2.11. The molecule has 21 heavy (non-hydrogen) atoms. The van der Waals surface area contributed by atoms with Crippen molar-refractivity contribution in [3.63, 3.8) is 0 Å². The first kappa shape index (κ1) is 16.3. The number of hydrogen-bond acceptors (Lipinski definition) is 1. The van der Waals surface area contributed by atoms with Crippen molar-refractivity contribution in [2.75, 3.05) is 5.32 Å². The molecule has 0 bridgehead atoms. The molecule has 0 spiro atoms. The number of carbonyl (C=O) groups is 1. The molecule has 0 aliphatic carbocycles. The SMILES string of the molecule is CCCn1cc(Cl)cc1C(=O)Nc1c(Cl)cc(F)cc1Br. The van der Waals surface area contributed by atoms with E-state index in [4.69, 9.17) is 23.2 Å². The second-order valence-corrected chi connectivity index (χ2v) is 6.13. The number of aryl methyl sites for hydroxylation is 1. The summed E-state index contributed by atoms with van der Waals surface area (Å²) in [5, 5.41) is 3.27. The number of nitrogens with zero attached hydrogens (tertiary/aromatic N) is 1. The van der Waals surface area contributed by atoms with Crippen molar-refractivity contribution in [1.82, 2.24) is 4.57 Å². The molecule has 1 aromatic carbocycles. The molecule has 112 valence electrons. The highest BCUT2D eigenvalue weighted by Crippen LogP contribution is 2.32. The van der Waals surface area contributed by atoms with Crippen molar-refractivity contribution in [2.45, 2.75) is 19.9 Å². The molecule has 1 amide bonds. The molecule has 0 saturated carbocycles. The number of benzene rings is 1. The fourth-order valence-electron chi connectivity index (χ4n) is 1.93. The Balaban J connectivity index is 2.30. The maximum atomic E-state index is 13.2. The van der Waals surface area contributed by atoms with Crippen LogP contribution in [0.3, 0.4) is 0 Å². The quantitative estimate of drug-likeness (QED) is 0.745. The summed E-state index contributed by atoms with van der Waals surface area (Å²) in [7, 11) is 0. The zero-order chi connectivity index (χ0) is 15.6. The van der Waals surface area contributed by atoms with Crippen molar-refractivity contribution in [1.29, 1.82) is 0 Å². The van der Waals surface area contributed by atoms with Crippen molar-refractivity contribution in [3.8, 4) is 0 Å². The van der Waals surface area contributed by atoms with Crippen LogP contribution < -0.4 is 5.32 Å². The Morgan fingerprint density at radius 1 is 1.38 bits per heavy atom. The molecule has 1 aromatic heterocycles. The summed E-state index contributed by atoms with van der Waals surface area (Å²) in [6.07, 6.45) is 2.56. The van der Waals surface area contributed by atoms with Crippen molar-refractivity contribution >= 4 is 50.7 Å². The summed E-state index contributed by atoms with van der Waals surface area (Å²) in [5.41, 5.74) is 0.748. The van der Waals surface area contributed by atoms with E-state index in [9.17, 15) is 9.18 Å². The van der Waals surface area contributed by atoms with Crippen molar-refractivity contribution in [2.24, 2.45) is 0 Å². The summed E-state index contributed by atoms with van der Waals surface area (Å²) < 4.78 is 15.3. The predicted octanol–water partition coefficient (Wildman–Crippen LogP) is 5.36. The van der Waals surface area contributed by atoms with Gasteiger partial charge in [0.1, 0.15) is 11.5 Å². The number of amides is 1. The predicted molar refractivity (Wildman–Crippen MR) is 86.8 cm³/mol. The van der Waals surface area contributed by atoms with Gasteiger partial charge in [0.2, 0.25) is 0 Å². The lowest BCUT2D eigenvalue weighted by molar-refractivity contribution is 0.101. The number of aromatic nitrogens is 1. The van der Waals surface area contributed by atoms with E-state index in [2.05, 4.69) is 21.2 Å². The van der Waals surface area contributed by atoms with Crippen molar-refractivity contribution < 1.29 is 9.18 Å². The third kappa shape index (κ3) is 3.78. The van der Waals surface area contributed by atoms with Gasteiger partial charge in [-0.2, -0.15) is 0 Å². The minimum atomic E-state index is -0.484. The Kier molecular flexibility index (Phi) is 5.30. The summed E-state index contributed by atoms with van der Waals surface area (Å²) >= 11 is 15.1. The third-order valence-electron chi connectivity index (χ3n) is 2.81. The van der Waals surface area contributed by atoms with Crippen LogP contribution in [0.1, 0.15) is 23.8 Å². The average Bonchev–Trinajstić information content (AvgIpc) is 2.75. The smallest absolute Gasteiger partial charge is 0.272 e. The topological polar surface area (TPSA) is 34.0 Å². The van der Waals surface area contributed by atoms with E-state index in [1.807, 2.05) is 6.92 Å². The molecule has 0 saturated heterocycles. The monoisotopic (exact) mass is 392 g/mol. The summed E-state index contributed by atoms with van der Waals surface area (Å²) in [5.74, 6) is -0.841. The van der Waals surface area contributed by atoms with Gasteiger partial charge in [-0.15, -0.1) is 0 Å². The Morgan fingerprint density at radius 2 is 2.10 bits per heavy atom. The molecule has 7 heteroatoms. The van der Waals surface area contributed by atoms with E-state index in [1.165, 1.54) is 6.07 Å². The summed E-state index contributed by atoms with van der Waals surface area (Å²) in [6, 6.07) is 3.96. The summed E-state index contributed by atoms with van der Waals surface area (Å²) in [4.78, 5) is 12.3. The van der Waals surface area contributed by atoms with Gasteiger partial charge >= 0.3 is 0 Å². The molecule has 0 fully saturated rings. The largest absolute Gasteiger partial charge is 0.342 e. The van der Waals surface area contributed by atoms with Gasteiger partial charge in [0.05, 0.1) is 15.7 Å². The molecule has 3 nitrogen and oxygen atoms in total. The minimum Gasteiger partial charge on any atom is -0.342 e. The fourth-order valence-corrected chi connectivity index (χ4v) is 3.05. The van der Waals surface area contributed by atoms with Crippen LogP contribution in [-0.4, -0.2) is 10.5 Å². The van der Waals surface area contributed by atoms with Crippen LogP contribution >= 0.6 is 39.1 Å². The van der Waals surface area contributed by atoms with Gasteiger partial charge in [0, 0.05) is 17.2 Å². The van der Waals surface area contributed by atoms with E-state index in [-0.39, 0.29) is 10.9 Å². The van der Waals surface area contributed by atoms with Crippen LogP contribution in [0.5, 0.6) is 0 Å². The Labute approximate surface area is 140 Å². The molecule has 0 unspecified atom stereocenters. The van der Waals surface area contributed by atoms with Crippen LogP contribution in [0.25, 0.3) is 0 Å². The first-order valence-electron chi connectivity index (χ1n) is 6.24. The van der Waals surface area contributed by atoms with Gasteiger partial charge in [0.15, 0.2) is 0 Å². The van der Waals surface area contributed by atoms with E-state index in [0.717, 1.165) is 12.5 Å². The molecule has 0 radical (unpaired) electrons. The first-order valence-corrected chi connectivity index (χ1v) is 7.78. The van der Waals surface area contributed by atoms with Crippen molar-refractivity contribution in [3.05, 3.63) is 50.4 Å². The third-order valence-corrected chi connectivity index (χ3v) is 3.94. The van der Waals surface area contributed by atoms with Gasteiger partial charge in [0.25, 0.3) is 5.91 Å². The number of anilines is 1. The lowest BCUT2D eigenvalue weighted by Crippen LogP contribution is -2.17. The van der Waals surface area contributed by atoms with Gasteiger partial charge in [-0.25, -0.2) is 4.39 Å². The molecule has 0 aliphatic heterocycles. The molecule has 2 aromatic rings. The normalized spacial score (nSPS) is 10.7. The van der Waals surface area contributed by atoms with Crippen LogP contribution in [0.4, 0.5) is 10.1 Å². The zero-order valence-corrected chi connectivity index (χ0v) is 14.2. The van der Waals surface area contributed by atoms with Gasteiger partial charge < -0.3 is 9.88 Å². The standard InChI is InChI=1S/C14H12BrCl2FN2O/c1-2-3-20-7-8(16)4-12(20)14(21)19-13-10(15)5-9(18)6-11(13)17/h4-7H,2-3H2,1H3,(H,19,21). The van der Waals surface area contributed by atoms with E-state index >= 15 is 0 Å². The van der Waals surface area contributed by atoms with Crippen LogP contribution in [0, 0.1) is 5.82 Å². The molecular formula is C14H12BrCl2FN2O. The second-order valence-electron chi connectivity index (χ2n) is 4.44. The molecule has 0 aliphatic rings. The maximum Gasteiger partial charge on any atom is 0.272 e. The van der Waals surface area contributed by atoms with E-state index in [0.29, 0.717) is 27.4 Å². The zero-order valence-electron chi connectivity index (χ0n) is 11.1. The molecule has 0 atom stereocenters. The highest BCUT2D eigenvalue weighted by atomic mass is 79.9. The maximum absolute atomic E-state index is 13.2. The highest BCUT2D eigenvalue weighted by molar-refractivity contribution is 9.10. The van der Waals surface area contributed by atoms with Gasteiger partial charge in [-0.1, -0.05) is 30.1 Å². The number of halogens is 4. The van der Waals surface area contributed by atoms with E-state index < -0.39 is 5.82 Å². The highest BCUT2D eigenvalue weighted by Gasteiger charge is 2.16. The number of nitrogens with one attached hydrogen (secondary N) is 1. The molecule has 1 heterocycles. The number of hydrogen-bond donors (Lipinski definition) is 1. The van der Waals surface area contributed by atoms with Crippen LogP contribution in [-0.2, 0) is 6.54 Å². The molecular weight excluding hydrogens is 382 g/mol. The Bertz CT molecular complexity index is 665. The van der Waals surface area contributed by atoms with Crippen LogP contribution in [0.2, 0.25) is 10.0 Å². The lowest BCUT2D eigenvalue weighted by atomic mass is 10.3. The second kappa shape index (κ2) is 6.81. The first-order chi connectivity index (χ1) is 9.92. The number of rotatable bonds is 4. The van der Waals surface area contributed by atoms with Gasteiger partial charge in [-0.05, 0) is 40.5 Å². The average molecular weight is 394 g/mol. The van der Waals surface area contributed by atoms with Gasteiger partial charge in [-0.3, -0.25) is 4.79 Å². The summed E-state index contributed by atoms with van der Waals surface area (Å²) in [6.45, 7) is 2.68. The fraction of sp³-hybridized carbons (Fsp3) is 0.214. The Morgan fingerprint density at radius 3 is 2.71 bits per heavy atom. The Hall–Kier alpha value is -1.04. The molecule has 1 N–H and O–H groups in total. The minimum absolute atomic E-state index is 0.120. The van der Waals surface area contributed by atoms with Crippen LogP contribution in [0.15, 0.2) is 28.9 Å².